The molecule has 1 rings (SSSR count). The summed E-state index contributed by atoms with van der Waals surface area (Å²) in [7, 11) is 2.16. The van der Waals surface area contributed by atoms with Gasteiger partial charge in [0.1, 0.15) is 0 Å². The number of nitrogens with one attached hydrogen (secondary N) is 1. The van der Waals surface area contributed by atoms with E-state index in [0.717, 1.165) is 39.0 Å². The highest BCUT2D eigenvalue weighted by Gasteiger charge is 2.15. The second kappa shape index (κ2) is 11.4. The number of aliphatic hydroxyl groups is 1. The van der Waals surface area contributed by atoms with Crippen molar-refractivity contribution < 1.29 is 14.6 Å². The van der Waals surface area contributed by atoms with Crippen molar-refractivity contribution in [2.24, 2.45) is 0 Å². The van der Waals surface area contributed by atoms with Crippen LogP contribution in [0.2, 0.25) is 0 Å². The first-order valence-corrected chi connectivity index (χ1v) is 8.38. The normalized spacial score (nSPS) is 20.6. The monoisotopic (exact) mass is 302 g/mol. The fraction of sp³-hybridized carbons (Fsp3) is 1.00. The number of nitrogens with zero attached hydrogens (tertiary/aromatic N) is 1. The van der Waals surface area contributed by atoms with E-state index in [1.807, 2.05) is 0 Å². The summed E-state index contributed by atoms with van der Waals surface area (Å²) in [6.45, 7) is 8.97. The molecule has 0 aromatic carbocycles. The quantitative estimate of drug-likeness (QED) is 0.532. The fourth-order valence-electron chi connectivity index (χ4n) is 2.31. The Hall–Kier alpha value is -0.200. The Morgan fingerprint density at radius 3 is 2.86 bits per heavy atom. The van der Waals surface area contributed by atoms with Gasteiger partial charge in [0.25, 0.3) is 0 Å². The molecule has 1 aliphatic rings. The van der Waals surface area contributed by atoms with Gasteiger partial charge in [-0.1, -0.05) is 0 Å². The molecule has 2 atom stereocenters. The van der Waals surface area contributed by atoms with Crippen molar-refractivity contribution >= 4 is 0 Å². The van der Waals surface area contributed by atoms with Crippen LogP contribution in [0.3, 0.4) is 0 Å². The molecule has 0 radical (unpaired) electrons. The van der Waals surface area contributed by atoms with E-state index in [9.17, 15) is 5.11 Å². The Balaban J connectivity index is 1.85. The van der Waals surface area contributed by atoms with E-state index < -0.39 is 6.10 Å². The standard InChI is InChI=1S/C16H34N2O3/c1-14(2)18(3)9-5-4-8-17-11-15(19)12-20-13-16-7-6-10-21-16/h14-17,19H,4-13H2,1-3H3. The van der Waals surface area contributed by atoms with Crippen LogP contribution >= 0.6 is 0 Å². The Morgan fingerprint density at radius 1 is 1.38 bits per heavy atom. The molecule has 0 aromatic rings. The van der Waals surface area contributed by atoms with Crippen molar-refractivity contribution in [1.82, 2.24) is 10.2 Å². The van der Waals surface area contributed by atoms with Crippen LogP contribution in [0.25, 0.3) is 0 Å². The van der Waals surface area contributed by atoms with Gasteiger partial charge in [0, 0.05) is 19.2 Å². The first-order valence-electron chi connectivity index (χ1n) is 8.38. The molecule has 1 aliphatic heterocycles. The maximum atomic E-state index is 9.80. The molecule has 21 heavy (non-hydrogen) atoms. The van der Waals surface area contributed by atoms with Crippen molar-refractivity contribution in [2.75, 3.05) is 46.5 Å². The minimum atomic E-state index is -0.426. The van der Waals surface area contributed by atoms with Gasteiger partial charge in [-0.3, -0.25) is 0 Å². The molecule has 1 heterocycles. The second-order valence-corrected chi connectivity index (χ2v) is 6.31. The lowest BCUT2D eigenvalue weighted by Crippen LogP contribution is -2.32. The molecule has 0 spiro atoms. The molecule has 5 nitrogen and oxygen atoms in total. The van der Waals surface area contributed by atoms with Crippen LogP contribution < -0.4 is 5.32 Å². The number of ether oxygens (including phenoxy) is 2. The number of aliphatic hydroxyl groups excluding tert-OH is 1. The van der Waals surface area contributed by atoms with E-state index in [-0.39, 0.29) is 6.10 Å². The molecule has 2 unspecified atom stereocenters. The predicted octanol–water partition coefficient (Wildman–Crippen LogP) is 1.25. The SMILES string of the molecule is CC(C)N(C)CCCCNCC(O)COCC1CCCO1. The lowest BCUT2D eigenvalue weighted by atomic mass is 10.2. The Bertz CT molecular complexity index is 246. The van der Waals surface area contributed by atoms with Gasteiger partial charge in [-0.05, 0) is 59.7 Å². The lowest BCUT2D eigenvalue weighted by molar-refractivity contribution is -0.0163. The van der Waals surface area contributed by atoms with Crippen molar-refractivity contribution in [2.45, 2.75) is 57.8 Å². The Morgan fingerprint density at radius 2 is 2.19 bits per heavy atom. The minimum absolute atomic E-state index is 0.239. The van der Waals surface area contributed by atoms with Crippen molar-refractivity contribution in [3.8, 4) is 0 Å². The predicted molar refractivity (Wildman–Crippen MR) is 85.7 cm³/mol. The van der Waals surface area contributed by atoms with Crippen LogP contribution in [0, 0.1) is 0 Å². The van der Waals surface area contributed by atoms with E-state index in [1.54, 1.807) is 0 Å². The van der Waals surface area contributed by atoms with Gasteiger partial charge in [-0.15, -0.1) is 0 Å². The number of hydrogen-bond acceptors (Lipinski definition) is 5. The van der Waals surface area contributed by atoms with Gasteiger partial charge in [0.05, 0.1) is 25.4 Å². The first kappa shape index (κ1) is 18.8. The molecule has 5 heteroatoms. The van der Waals surface area contributed by atoms with E-state index >= 15 is 0 Å². The second-order valence-electron chi connectivity index (χ2n) is 6.31. The lowest BCUT2D eigenvalue weighted by Gasteiger charge is -2.20. The van der Waals surface area contributed by atoms with Gasteiger partial charge in [0.2, 0.25) is 0 Å². The summed E-state index contributed by atoms with van der Waals surface area (Å²) in [6, 6.07) is 0.612. The van der Waals surface area contributed by atoms with Gasteiger partial charge in [-0.25, -0.2) is 0 Å². The van der Waals surface area contributed by atoms with E-state index in [0.29, 0.717) is 25.8 Å². The van der Waals surface area contributed by atoms with Crippen LogP contribution in [0.15, 0.2) is 0 Å². The molecule has 0 amide bonds. The van der Waals surface area contributed by atoms with Crippen LogP contribution in [-0.2, 0) is 9.47 Å². The zero-order chi connectivity index (χ0) is 15.5. The van der Waals surface area contributed by atoms with Crippen LogP contribution in [0.5, 0.6) is 0 Å². The summed E-state index contributed by atoms with van der Waals surface area (Å²) in [5, 5.41) is 13.1. The molecule has 0 aromatic heterocycles. The third kappa shape index (κ3) is 9.42. The molecular weight excluding hydrogens is 268 g/mol. The number of unbranched alkanes of at least 4 members (excludes halogenated alkanes) is 1. The van der Waals surface area contributed by atoms with E-state index in [4.69, 9.17) is 9.47 Å². The highest BCUT2D eigenvalue weighted by atomic mass is 16.5. The van der Waals surface area contributed by atoms with Crippen molar-refractivity contribution in [1.29, 1.82) is 0 Å². The van der Waals surface area contributed by atoms with Gasteiger partial charge in [-0.2, -0.15) is 0 Å². The van der Waals surface area contributed by atoms with Crippen LogP contribution in [0.1, 0.15) is 39.5 Å². The Kier molecular flexibility index (Phi) is 10.2. The third-order valence-electron chi connectivity index (χ3n) is 4.01. The zero-order valence-corrected chi connectivity index (χ0v) is 14.0. The maximum Gasteiger partial charge on any atom is 0.0897 e. The molecular formula is C16H34N2O3. The molecule has 1 saturated heterocycles. The summed E-state index contributed by atoms with van der Waals surface area (Å²) < 4.78 is 11.0. The highest BCUT2D eigenvalue weighted by molar-refractivity contribution is 4.65. The molecule has 0 bridgehead atoms. The van der Waals surface area contributed by atoms with E-state index in [1.165, 1.54) is 6.42 Å². The minimum Gasteiger partial charge on any atom is -0.389 e. The van der Waals surface area contributed by atoms with Gasteiger partial charge < -0.3 is 24.8 Å². The summed E-state index contributed by atoms with van der Waals surface area (Å²) in [4.78, 5) is 2.35. The first-order chi connectivity index (χ1) is 10.1. The highest BCUT2D eigenvalue weighted by Crippen LogP contribution is 2.11. The van der Waals surface area contributed by atoms with Crippen LogP contribution in [0.4, 0.5) is 0 Å². The molecule has 0 saturated carbocycles. The fourth-order valence-corrected chi connectivity index (χ4v) is 2.31. The van der Waals surface area contributed by atoms with E-state index in [2.05, 4.69) is 31.1 Å². The van der Waals surface area contributed by atoms with Crippen molar-refractivity contribution in [3.63, 3.8) is 0 Å². The van der Waals surface area contributed by atoms with Crippen molar-refractivity contribution in [3.05, 3.63) is 0 Å². The Labute approximate surface area is 130 Å². The zero-order valence-electron chi connectivity index (χ0n) is 14.0. The molecule has 0 aliphatic carbocycles. The summed E-state index contributed by atoms with van der Waals surface area (Å²) in [5.74, 6) is 0. The number of rotatable bonds is 12. The topological polar surface area (TPSA) is 54.0 Å². The van der Waals surface area contributed by atoms with Gasteiger partial charge >= 0.3 is 0 Å². The largest absolute Gasteiger partial charge is 0.389 e. The van der Waals surface area contributed by atoms with Gasteiger partial charge in [0.15, 0.2) is 0 Å². The average molecular weight is 302 g/mol. The molecule has 2 N–H and O–H groups in total. The smallest absolute Gasteiger partial charge is 0.0897 e. The van der Waals surface area contributed by atoms with Crippen LogP contribution in [-0.4, -0.2) is 74.8 Å². The molecule has 1 fully saturated rings. The number of hydrogen-bond donors (Lipinski definition) is 2. The molecule has 126 valence electrons. The summed E-state index contributed by atoms with van der Waals surface area (Å²) in [6.07, 6.45) is 4.35. The maximum absolute atomic E-state index is 9.80. The summed E-state index contributed by atoms with van der Waals surface area (Å²) in [5.41, 5.74) is 0. The average Bonchev–Trinajstić information content (AvgIpc) is 2.95. The summed E-state index contributed by atoms with van der Waals surface area (Å²) >= 11 is 0. The third-order valence-corrected chi connectivity index (χ3v) is 4.01.